The van der Waals surface area contributed by atoms with Crippen LogP contribution in [-0.4, -0.2) is 103 Å². The fourth-order valence-electron chi connectivity index (χ4n) is 7.82. The van der Waals surface area contributed by atoms with Gasteiger partial charge in [0.15, 0.2) is 0 Å². The van der Waals surface area contributed by atoms with Gasteiger partial charge >= 0.3 is 12.1 Å². The molecule has 4 heterocycles. The van der Waals surface area contributed by atoms with Gasteiger partial charge in [-0.15, -0.1) is 0 Å². The lowest BCUT2D eigenvalue weighted by molar-refractivity contribution is -0.192. The van der Waals surface area contributed by atoms with Crippen molar-refractivity contribution in [2.75, 3.05) is 39.0 Å². The highest BCUT2D eigenvalue weighted by Gasteiger charge is 2.41. The standard InChI is InChI=1S/C34H53N5O4S.C2HF3O2/c1-25(2)39-32-12-8-7-11-27(32)21-31(34(39)41)33(40)36-28-22-29-13-14-30(23-28)38(29)18-10-6-4-5-9-17-37-19-15-26(16-20-37)24-35-44(3,42)43;3-2(4,5)1(6)7/h7-8,11-12,21,25-26,28-30,35H,4-6,9-10,13-20,22-24H2,1-3H3,(H,36,40);(H,6,7)/t28?,29-,30+;. The van der Waals surface area contributed by atoms with Gasteiger partial charge in [-0.05, 0) is 115 Å². The van der Waals surface area contributed by atoms with E-state index in [-0.39, 0.29) is 29.1 Å². The number of alkyl halides is 3. The van der Waals surface area contributed by atoms with Gasteiger partial charge in [0.05, 0.1) is 11.8 Å². The average molecular weight is 742 g/mol. The zero-order chi connectivity index (χ0) is 37.3. The van der Waals surface area contributed by atoms with Crippen LogP contribution in [0.1, 0.15) is 101 Å². The molecule has 2 bridgehead atoms. The minimum absolute atomic E-state index is 0.0263. The van der Waals surface area contributed by atoms with Crippen LogP contribution in [0.25, 0.3) is 10.9 Å². The Bertz CT molecular complexity index is 1630. The number of aromatic nitrogens is 1. The molecule has 1 aromatic carbocycles. The summed E-state index contributed by atoms with van der Waals surface area (Å²) < 4.78 is 58.8. The third kappa shape index (κ3) is 12.0. The number of nitrogens with zero attached hydrogens (tertiary/aromatic N) is 3. The van der Waals surface area contributed by atoms with E-state index in [0.717, 1.165) is 62.8 Å². The molecule has 15 heteroatoms. The second-order valence-corrected chi connectivity index (χ2v) is 16.5. The number of para-hydroxylation sites is 1. The van der Waals surface area contributed by atoms with Crippen LogP contribution >= 0.6 is 0 Å². The van der Waals surface area contributed by atoms with Crippen molar-refractivity contribution in [2.24, 2.45) is 5.92 Å². The Morgan fingerprint density at radius 2 is 1.51 bits per heavy atom. The summed E-state index contributed by atoms with van der Waals surface area (Å²) in [6, 6.07) is 10.7. The number of fused-ring (bicyclic) bond motifs is 3. The number of benzene rings is 1. The van der Waals surface area contributed by atoms with Crippen LogP contribution < -0.4 is 15.6 Å². The second-order valence-electron chi connectivity index (χ2n) is 14.6. The van der Waals surface area contributed by atoms with Crippen molar-refractivity contribution in [1.82, 2.24) is 24.4 Å². The van der Waals surface area contributed by atoms with Gasteiger partial charge in [0, 0.05) is 30.7 Å². The summed E-state index contributed by atoms with van der Waals surface area (Å²) in [6.45, 7) is 9.00. The number of carbonyl (C=O) groups excluding carboxylic acids is 1. The maximum Gasteiger partial charge on any atom is 0.490 e. The Labute approximate surface area is 299 Å². The average Bonchev–Trinajstić information content (AvgIpc) is 3.29. The number of hydrogen-bond donors (Lipinski definition) is 3. The summed E-state index contributed by atoms with van der Waals surface area (Å²) in [5.74, 6) is -2.53. The molecular weight excluding hydrogens is 687 g/mol. The Morgan fingerprint density at radius 1 is 0.941 bits per heavy atom. The number of halogens is 3. The van der Waals surface area contributed by atoms with Crippen molar-refractivity contribution in [2.45, 2.75) is 115 Å². The molecule has 0 aliphatic carbocycles. The van der Waals surface area contributed by atoms with E-state index >= 15 is 0 Å². The number of amides is 1. The first-order valence-corrected chi connectivity index (χ1v) is 20.1. The molecule has 51 heavy (non-hydrogen) atoms. The monoisotopic (exact) mass is 741 g/mol. The number of piperidine rings is 2. The van der Waals surface area contributed by atoms with Crippen molar-refractivity contribution >= 4 is 32.8 Å². The summed E-state index contributed by atoms with van der Waals surface area (Å²) >= 11 is 0. The number of carboxylic acid groups (broad SMARTS) is 1. The van der Waals surface area contributed by atoms with Gasteiger partial charge < -0.3 is 19.9 Å². The van der Waals surface area contributed by atoms with E-state index in [1.807, 2.05) is 38.1 Å². The van der Waals surface area contributed by atoms with Gasteiger partial charge in [-0.25, -0.2) is 17.9 Å². The summed E-state index contributed by atoms with van der Waals surface area (Å²) in [6.07, 6.45) is 8.92. The third-order valence-electron chi connectivity index (χ3n) is 10.4. The van der Waals surface area contributed by atoms with E-state index in [4.69, 9.17) is 9.90 Å². The van der Waals surface area contributed by atoms with Crippen molar-refractivity contribution in [3.8, 4) is 0 Å². The molecule has 0 spiro atoms. The van der Waals surface area contributed by atoms with E-state index in [0.29, 0.717) is 24.5 Å². The first-order valence-electron chi connectivity index (χ1n) is 18.2. The molecule has 0 radical (unpaired) electrons. The van der Waals surface area contributed by atoms with Gasteiger partial charge in [0.1, 0.15) is 5.56 Å². The van der Waals surface area contributed by atoms with Crippen LogP contribution in [-0.2, 0) is 14.8 Å². The van der Waals surface area contributed by atoms with Crippen LogP contribution in [0.2, 0.25) is 0 Å². The van der Waals surface area contributed by atoms with Crippen molar-refractivity contribution < 1.29 is 36.3 Å². The van der Waals surface area contributed by atoms with E-state index in [1.54, 1.807) is 10.6 Å². The van der Waals surface area contributed by atoms with Crippen LogP contribution in [0.4, 0.5) is 13.2 Å². The van der Waals surface area contributed by atoms with Crippen LogP contribution in [0, 0.1) is 5.92 Å². The number of nitrogens with one attached hydrogen (secondary N) is 2. The number of carbonyl (C=O) groups is 2. The summed E-state index contributed by atoms with van der Waals surface area (Å²) in [5, 5.41) is 11.3. The third-order valence-corrected chi connectivity index (χ3v) is 11.1. The lowest BCUT2D eigenvalue weighted by atomic mass is 9.96. The summed E-state index contributed by atoms with van der Waals surface area (Å²) in [4.78, 5) is 40.8. The fraction of sp³-hybridized carbons (Fsp3) is 0.694. The summed E-state index contributed by atoms with van der Waals surface area (Å²) in [7, 11) is -3.09. The Kier molecular flexibility index (Phi) is 14.5. The minimum atomic E-state index is -5.08. The molecule has 1 unspecified atom stereocenters. The normalized spacial score (nSPS) is 21.8. The lowest BCUT2D eigenvalue weighted by Crippen LogP contribution is -2.51. The SMILES string of the molecule is CC(C)n1c(=O)c(C(=O)NC2C[C@H]3CC[C@@H](C2)N3CCCCCCCN2CCC(CNS(C)(=O)=O)CC2)cc2ccccc21.O=C(O)C(F)(F)F. The quantitative estimate of drug-likeness (QED) is 0.226. The predicted molar refractivity (Wildman–Crippen MR) is 191 cm³/mol. The maximum absolute atomic E-state index is 13.4. The van der Waals surface area contributed by atoms with E-state index in [2.05, 4.69) is 19.8 Å². The highest BCUT2D eigenvalue weighted by atomic mass is 32.2. The molecular formula is C36H54F3N5O6S. The number of carboxylic acids is 1. The maximum atomic E-state index is 13.4. The molecule has 3 aliphatic heterocycles. The minimum Gasteiger partial charge on any atom is -0.475 e. The Morgan fingerprint density at radius 3 is 2.08 bits per heavy atom. The van der Waals surface area contributed by atoms with Gasteiger partial charge in [0.2, 0.25) is 10.0 Å². The van der Waals surface area contributed by atoms with Crippen LogP contribution in [0.3, 0.4) is 0 Å². The molecule has 1 amide bonds. The Balaban J connectivity index is 0.000000755. The number of pyridine rings is 1. The molecule has 3 fully saturated rings. The zero-order valence-electron chi connectivity index (χ0n) is 30.0. The number of rotatable bonds is 14. The lowest BCUT2D eigenvalue weighted by Gasteiger charge is -2.39. The molecule has 11 nitrogen and oxygen atoms in total. The number of unbranched alkanes of at least 4 members (excludes halogenated alkanes) is 4. The van der Waals surface area contributed by atoms with Gasteiger partial charge in [-0.2, -0.15) is 13.2 Å². The molecule has 286 valence electrons. The molecule has 3 saturated heterocycles. The second kappa shape index (κ2) is 18.2. The smallest absolute Gasteiger partial charge is 0.475 e. The van der Waals surface area contributed by atoms with Gasteiger partial charge in [-0.3, -0.25) is 14.5 Å². The number of hydrogen-bond acceptors (Lipinski definition) is 7. The van der Waals surface area contributed by atoms with Crippen LogP contribution in [0.5, 0.6) is 0 Å². The Hall–Kier alpha value is -3.01. The topological polar surface area (TPSA) is 141 Å². The highest BCUT2D eigenvalue weighted by molar-refractivity contribution is 7.88. The van der Waals surface area contributed by atoms with Gasteiger partial charge in [0.25, 0.3) is 11.5 Å². The number of aliphatic carboxylic acids is 1. The molecule has 3 N–H and O–H groups in total. The van der Waals surface area contributed by atoms with Crippen LogP contribution in [0.15, 0.2) is 35.1 Å². The summed E-state index contributed by atoms with van der Waals surface area (Å²) in [5.41, 5.74) is 0.910. The van der Waals surface area contributed by atoms with E-state index < -0.39 is 22.2 Å². The largest absolute Gasteiger partial charge is 0.490 e. The number of sulfonamides is 1. The first kappa shape index (κ1) is 40.8. The predicted octanol–water partition coefficient (Wildman–Crippen LogP) is 5.15. The first-order chi connectivity index (χ1) is 24.0. The zero-order valence-corrected chi connectivity index (χ0v) is 30.8. The molecule has 3 aliphatic rings. The highest BCUT2D eigenvalue weighted by Crippen LogP contribution is 2.36. The van der Waals surface area contributed by atoms with E-state index in [9.17, 15) is 31.2 Å². The van der Waals surface area contributed by atoms with Crippen molar-refractivity contribution in [3.05, 3.63) is 46.2 Å². The fourth-order valence-corrected chi connectivity index (χ4v) is 8.36. The van der Waals surface area contributed by atoms with Crippen molar-refractivity contribution in [3.63, 3.8) is 0 Å². The van der Waals surface area contributed by atoms with Crippen molar-refractivity contribution in [1.29, 1.82) is 0 Å². The molecule has 2 aromatic rings. The molecule has 1 aromatic heterocycles. The number of likely N-dealkylation sites (tertiary alicyclic amines) is 1. The van der Waals surface area contributed by atoms with Gasteiger partial charge in [-0.1, -0.05) is 37.5 Å². The van der Waals surface area contributed by atoms with E-state index in [1.165, 1.54) is 51.2 Å². The molecule has 5 rings (SSSR count). The molecule has 0 saturated carbocycles. The molecule has 3 atom stereocenters.